The zero-order valence-electron chi connectivity index (χ0n) is 8.21. The number of rotatable bonds is 3. The standard InChI is InChI=1S/C10H10N2O3/c1-12-9(11-15-10(12)13)14-7-8-5-3-2-4-6-8/h2-6H,7H2,1H3. The zero-order valence-corrected chi connectivity index (χ0v) is 8.21. The second-order valence-electron chi connectivity index (χ2n) is 3.06. The first-order valence-corrected chi connectivity index (χ1v) is 4.47. The highest BCUT2D eigenvalue weighted by Crippen LogP contribution is 2.05. The van der Waals surface area contributed by atoms with Crippen LogP contribution in [0, 0.1) is 0 Å². The fourth-order valence-corrected chi connectivity index (χ4v) is 1.12. The number of hydrogen-bond donors (Lipinski definition) is 0. The molecule has 0 fully saturated rings. The van der Waals surface area contributed by atoms with Crippen LogP contribution in [-0.2, 0) is 13.7 Å². The van der Waals surface area contributed by atoms with Crippen LogP contribution in [0.4, 0.5) is 0 Å². The highest BCUT2D eigenvalue weighted by molar-refractivity contribution is 5.14. The molecule has 5 nitrogen and oxygen atoms in total. The predicted molar refractivity (Wildman–Crippen MR) is 52.5 cm³/mol. The summed E-state index contributed by atoms with van der Waals surface area (Å²) in [5.74, 6) is -0.530. The molecule has 0 spiro atoms. The van der Waals surface area contributed by atoms with E-state index in [9.17, 15) is 4.79 Å². The van der Waals surface area contributed by atoms with Gasteiger partial charge >= 0.3 is 11.8 Å². The van der Waals surface area contributed by atoms with Crippen molar-refractivity contribution < 1.29 is 9.26 Å². The van der Waals surface area contributed by atoms with Gasteiger partial charge in [0.15, 0.2) is 0 Å². The summed E-state index contributed by atoms with van der Waals surface area (Å²) < 4.78 is 10.9. The summed E-state index contributed by atoms with van der Waals surface area (Å²) in [5.41, 5.74) is 1.01. The van der Waals surface area contributed by atoms with E-state index in [1.165, 1.54) is 4.57 Å². The number of nitrogens with zero attached hydrogens (tertiary/aromatic N) is 2. The molecule has 2 aromatic rings. The smallest absolute Gasteiger partial charge is 0.444 e. The van der Waals surface area contributed by atoms with Crippen molar-refractivity contribution in [1.29, 1.82) is 0 Å². The maximum absolute atomic E-state index is 10.9. The third kappa shape index (κ3) is 2.07. The van der Waals surface area contributed by atoms with Crippen molar-refractivity contribution in [1.82, 2.24) is 9.72 Å². The van der Waals surface area contributed by atoms with E-state index in [1.807, 2.05) is 30.3 Å². The van der Waals surface area contributed by atoms with E-state index in [0.29, 0.717) is 6.61 Å². The molecule has 5 heteroatoms. The minimum absolute atomic E-state index is 0.184. The fourth-order valence-electron chi connectivity index (χ4n) is 1.12. The first-order chi connectivity index (χ1) is 7.27. The highest BCUT2D eigenvalue weighted by atomic mass is 16.6. The number of ether oxygens (including phenoxy) is 1. The molecule has 78 valence electrons. The van der Waals surface area contributed by atoms with E-state index in [2.05, 4.69) is 9.68 Å². The summed E-state index contributed by atoms with van der Waals surface area (Å²) in [4.78, 5) is 10.9. The molecular weight excluding hydrogens is 196 g/mol. The summed E-state index contributed by atoms with van der Waals surface area (Å²) in [7, 11) is 1.54. The van der Waals surface area contributed by atoms with Gasteiger partial charge in [-0.15, -0.1) is 0 Å². The minimum Gasteiger partial charge on any atom is -0.458 e. The molecule has 0 unspecified atom stereocenters. The maximum atomic E-state index is 10.9. The monoisotopic (exact) mass is 206 g/mol. The van der Waals surface area contributed by atoms with Crippen LogP contribution in [0.2, 0.25) is 0 Å². The van der Waals surface area contributed by atoms with E-state index >= 15 is 0 Å². The molecule has 1 aromatic carbocycles. The molecule has 0 aliphatic rings. The largest absolute Gasteiger partial charge is 0.458 e. The quantitative estimate of drug-likeness (QED) is 0.750. The molecule has 0 aliphatic carbocycles. The molecule has 0 atom stereocenters. The molecule has 2 rings (SSSR count). The van der Waals surface area contributed by atoms with Gasteiger partial charge < -0.3 is 4.74 Å². The number of aromatic nitrogens is 2. The van der Waals surface area contributed by atoms with Crippen LogP contribution in [0.15, 0.2) is 39.6 Å². The van der Waals surface area contributed by atoms with Crippen molar-refractivity contribution >= 4 is 0 Å². The maximum Gasteiger partial charge on any atom is 0.444 e. The summed E-state index contributed by atoms with van der Waals surface area (Å²) in [6.45, 7) is 0.362. The van der Waals surface area contributed by atoms with Gasteiger partial charge in [-0.1, -0.05) is 30.3 Å². The molecule has 0 saturated heterocycles. The van der Waals surface area contributed by atoms with Gasteiger partial charge in [-0.05, 0) is 10.7 Å². The van der Waals surface area contributed by atoms with Crippen LogP contribution in [0.5, 0.6) is 6.01 Å². The van der Waals surface area contributed by atoms with Gasteiger partial charge in [-0.25, -0.2) is 9.36 Å². The summed E-state index contributed by atoms with van der Waals surface area (Å²) in [6.07, 6.45) is 0. The summed E-state index contributed by atoms with van der Waals surface area (Å²) in [6, 6.07) is 9.80. The van der Waals surface area contributed by atoms with Crippen LogP contribution < -0.4 is 10.5 Å². The van der Waals surface area contributed by atoms with Crippen molar-refractivity contribution in [3.05, 3.63) is 46.4 Å². The van der Waals surface area contributed by atoms with Gasteiger partial charge in [-0.3, -0.25) is 4.52 Å². The average Bonchev–Trinajstić information content (AvgIpc) is 2.59. The van der Waals surface area contributed by atoms with E-state index in [-0.39, 0.29) is 6.01 Å². The molecule has 0 amide bonds. The third-order valence-electron chi connectivity index (χ3n) is 1.97. The van der Waals surface area contributed by atoms with Crippen molar-refractivity contribution in [3.8, 4) is 6.01 Å². The van der Waals surface area contributed by atoms with Gasteiger partial charge in [0.05, 0.1) is 0 Å². The second-order valence-corrected chi connectivity index (χ2v) is 3.06. The first-order valence-electron chi connectivity index (χ1n) is 4.47. The van der Waals surface area contributed by atoms with Crippen molar-refractivity contribution in [2.45, 2.75) is 6.61 Å². The molecule has 0 radical (unpaired) electrons. The number of hydrogen-bond acceptors (Lipinski definition) is 4. The second kappa shape index (κ2) is 4.00. The zero-order chi connectivity index (χ0) is 10.7. The Morgan fingerprint density at radius 1 is 1.40 bits per heavy atom. The van der Waals surface area contributed by atoms with Crippen molar-refractivity contribution in [2.24, 2.45) is 7.05 Å². The van der Waals surface area contributed by atoms with E-state index in [1.54, 1.807) is 7.05 Å². The Morgan fingerprint density at radius 2 is 2.13 bits per heavy atom. The summed E-state index contributed by atoms with van der Waals surface area (Å²) in [5, 5.41) is 3.48. The molecule has 0 N–H and O–H groups in total. The minimum atomic E-state index is -0.530. The average molecular weight is 206 g/mol. The van der Waals surface area contributed by atoms with E-state index in [0.717, 1.165) is 5.56 Å². The Balaban J connectivity index is 2.06. The van der Waals surface area contributed by atoms with Crippen molar-refractivity contribution in [2.75, 3.05) is 0 Å². The SMILES string of the molecule is Cn1c(OCc2ccccc2)noc1=O. The fraction of sp³-hybridized carbons (Fsp3) is 0.200. The molecular formula is C10H10N2O3. The lowest BCUT2D eigenvalue weighted by atomic mass is 10.2. The topological polar surface area (TPSA) is 57.3 Å². The van der Waals surface area contributed by atoms with Crippen LogP contribution in [-0.4, -0.2) is 9.72 Å². The summed E-state index contributed by atoms with van der Waals surface area (Å²) >= 11 is 0. The van der Waals surface area contributed by atoms with Crippen LogP contribution >= 0.6 is 0 Å². The molecule has 0 aliphatic heterocycles. The lowest BCUT2D eigenvalue weighted by molar-refractivity contribution is 0.256. The lowest BCUT2D eigenvalue weighted by Gasteiger charge is -2.02. The van der Waals surface area contributed by atoms with Gasteiger partial charge in [0.25, 0.3) is 0 Å². The molecule has 0 saturated carbocycles. The van der Waals surface area contributed by atoms with Crippen LogP contribution in [0.1, 0.15) is 5.56 Å². The van der Waals surface area contributed by atoms with Gasteiger partial charge in [0, 0.05) is 7.05 Å². The van der Waals surface area contributed by atoms with Crippen LogP contribution in [0.25, 0.3) is 0 Å². The Labute approximate surface area is 85.9 Å². The Bertz CT molecular complexity index is 487. The predicted octanol–water partition coefficient (Wildman–Crippen LogP) is 0.952. The van der Waals surface area contributed by atoms with Crippen LogP contribution in [0.3, 0.4) is 0 Å². The van der Waals surface area contributed by atoms with Gasteiger partial charge in [-0.2, -0.15) is 0 Å². The first kappa shape index (κ1) is 9.51. The molecule has 15 heavy (non-hydrogen) atoms. The number of benzene rings is 1. The lowest BCUT2D eigenvalue weighted by Crippen LogP contribution is -2.11. The van der Waals surface area contributed by atoms with Gasteiger partial charge in [0.1, 0.15) is 6.61 Å². The Kier molecular flexibility index (Phi) is 2.53. The van der Waals surface area contributed by atoms with E-state index < -0.39 is 5.76 Å². The van der Waals surface area contributed by atoms with E-state index in [4.69, 9.17) is 4.74 Å². The van der Waals surface area contributed by atoms with Gasteiger partial charge in [0.2, 0.25) is 0 Å². The molecule has 1 heterocycles. The highest BCUT2D eigenvalue weighted by Gasteiger charge is 2.06. The normalized spacial score (nSPS) is 10.2. The molecule has 1 aromatic heterocycles. The van der Waals surface area contributed by atoms with Crippen molar-refractivity contribution in [3.63, 3.8) is 0 Å². The Hall–Kier alpha value is -2.04. The Morgan fingerprint density at radius 3 is 2.73 bits per heavy atom. The molecule has 0 bridgehead atoms. The third-order valence-corrected chi connectivity index (χ3v) is 1.97.